The van der Waals surface area contributed by atoms with Gasteiger partial charge in [-0.05, 0) is 42.7 Å². The minimum absolute atomic E-state index is 0.00653. The van der Waals surface area contributed by atoms with Crippen LogP contribution in [-0.4, -0.2) is 28.2 Å². The first-order chi connectivity index (χ1) is 13.2. The van der Waals surface area contributed by atoms with E-state index < -0.39 is 0 Å². The van der Waals surface area contributed by atoms with Crippen molar-refractivity contribution in [1.29, 1.82) is 0 Å². The Labute approximate surface area is 157 Å². The van der Waals surface area contributed by atoms with Gasteiger partial charge in [0.25, 0.3) is 0 Å². The van der Waals surface area contributed by atoms with E-state index >= 15 is 0 Å². The first kappa shape index (κ1) is 17.7. The molecule has 1 amide bonds. The summed E-state index contributed by atoms with van der Waals surface area (Å²) in [5.74, 6) is -0.350. The molecular weight excluding hydrogens is 345 g/mol. The zero-order chi connectivity index (χ0) is 18.6. The van der Waals surface area contributed by atoms with E-state index in [0.717, 1.165) is 36.0 Å². The van der Waals surface area contributed by atoms with Crippen molar-refractivity contribution >= 4 is 16.9 Å². The van der Waals surface area contributed by atoms with Crippen molar-refractivity contribution in [3.8, 4) is 0 Å². The number of halogens is 1. The lowest BCUT2D eigenvalue weighted by atomic mass is 10.1. The Morgan fingerprint density at radius 2 is 2.07 bits per heavy atom. The Balaban J connectivity index is 1.55. The number of carbonyl (C=O) groups excluding carboxylic acids is 1. The molecule has 0 saturated carbocycles. The maximum Gasteiger partial charge on any atom is 0.223 e. The van der Waals surface area contributed by atoms with Crippen LogP contribution in [0.15, 0.2) is 54.9 Å². The van der Waals surface area contributed by atoms with Crippen molar-refractivity contribution in [3.05, 3.63) is 66.2 Å². The number of carbonyl (C=O) groups is 1. The molecule has 140 valence electrons. The zero-order valence-electron chi connectivity index (χ0n) is 15.0. The van der Waals surface area contributed by atoms with Gasteiger partial charge in [-0.1, -0.05) is 24.3 Å². The molecule has 0 radical (unpaired) electrons. The smallest absolute Gasteiger partial charge is 0.223 e. The fourth-order valence-corrected chi connectivity index (χ4v) is 3.55. The van der Waals surface area contributed by atoms with Gasteiger partial charge in [-0.25, -0.2) is 9.37 Å². The molecule has 0 spiro atoms. The number of amides is 1. The second-order valence-corrected chi connectivity index (χ2v) is 6.90. The number of imidazole rings is 1. The Morgan fingerprint density at radius 3 is 2.85 bits per heavy atom. The van der Waals surface area contributed by atoms with Crippen LogP contribution in [0, 0.1) is 5.82 Å². The average molecular weight is 367 g/mol. The number of nitrogens with one attached hydrogen (secondary N) is 1. The molecule has 1 aromatic heterocycles. The Hall–Kier alpha value is -2.73. The summed E-state index contributed by atoms with van der Waals surface area (Å²) in [5.41, 5.74) is 2.76. The number of benzene rings is 2. The number of aromatic nitrogens is 2. The Morgan fingerprint density at radius 1 is 1.26 bits per heavy atom. The molecule has 27 heavy (non-hydrogen) atoms. The van der Waals surface area contributed by atoms with E-state index in [1.807, 2.05) is 28.8 Å². The lowest BCUT2D eigenvalue weighted by molar-refractivity contribution is -0.124. The molecule has 0 unspecified atom stereocenters. The van der Waals surface area contributed by atoms with Crippen molar-refractivity contribution in [2.24, 2.45) is 0 Å². The van der Waals surface area contributed by atoms with E-state index in [2.05, 4.69) is 10.3 Å². The van der Waals surface area contributed by atoms with Gasteiger partial charge in [0.15, 0.2) is 0 Å². The van der Waals surface area contributed by atoms with Gasteiger partial charge >= 0.3 is 0 Å². The topological polar surface area (TPSA) is 56.1 Å². The summed E-state index contributed by atoms with van der Waals surface area (Å²) in [4.78, 5) is 17.0. The van der Waals surface area contributed by atoms with Gasteiger partial charge in [0.2, 0.25) is 5.91 Å². The molecule has 1 aliphatic rings. The van der Waals surface area contributed by atoms with Crippen LogP contribution in [0.25, 0.3) is 11.0 Å². The van der Waals surface area contributed by atoms with E-state index in [1.54, 1.807) is 18.5 Å². The van der Waals surface area contributed by atoms with Crippen LogP contribution in [0.2, 0.25) is 0 Å². The van der Waals surface area contributed by atoms with Crippen molar-refractivity contribution in [1.82, 2.24) is 14.9 Å². The molecule has 1 N–H and O–H groups in total. The molecule has 2 atom stereocenters. The monoisotopic (exact) mass is 367 g/mol. The van der Waals surface area contributed by atoms with Crippen LogP contribution in [0.3, 0.4) is 0 Å². The van der Waals surface area contributed by atoms with E-state index in [4.69, 9.17) is 4.74 Å². The lowest BCUT2D eigenvalue weighted by Gasteiger charge is -2.21. The SMILES string of the molecule is O=C(C[C@H]1CCCO1)N[C@@H](Cn1cnc2ccccc21)c1ccc(F)cc1. The third kappa shape index (κ3) is 4.17. The summed E-state index contributed by atoms with van der Waals surface area (Å²) in [5, 5.41) is 3.09. The minimum Gasteiger partial charge on any atom is -0.378 e. The molecule has 2 aromatic carbocycles. The van der Waals surface area contributed by atoms with Gasteiger partial charge < -0.3 is 14.6 Å². The number of hydrogen-bond donors (Lipinski definition) is 1. The number of ether oxygens (including phenoxy) is 1. The van der Waals surface area contributed by atoms with Crippen molar-refractivity contribution in [2.75, 3.05) is 6.61 Å². The summed E-state index contributed by atoms with van der Waals surface area (Å²) in [6, 6.07) is 13.8. The summed E-state index contributed by atoms with van der Waals surface area (Å²) in [7, 11) is 0. The second-order valence-electron chi connectivity index (χ2n) is 6.90. The minimum atomic E-state index is -0.295. The van der Waals surface area contributed by atoms with Gasteiger partial charge in [0.1, 0.15) is 5.82 Å². The number of para-hydroxylation sites is 2. The number of hydrogen-bond acceptors (Lipinski definition) is 3. The van der Waals surface area contributed by atoms with Crippen molar-refractivity contribution in [2.45, 2.75) is 38.0 Å². The normalized spacial score (nSPS) is 17.9. The standard InChI is InChI=1S/C21H22FN3O2/c22-16-9-7-15(8-10-16)19(24-21(26)12-17-4-3-11-27-17)13-25-14-23-18-5-1-2-6-20(18)25/h1-2,5-10,14,17,19H,3-4,11-13H2,(H,24,26)/t17-,19+/m1/s1. The first-order valence-electron chi connectivity index (χ1n) is 9.25. The molecule has 2 heterocycles. The van der Waals surface area contributed by atoms with E-state index in [0.29, 0.717) is 13.0 Å². The van der Waals surface area contributed by atoms with Gasteiger partial charge in [-0.3, -0.25) is 4.79 Å². The van der Waals surface area contributed by atoms with E-state index in [9.17, 15) is 9.18 Å². The lowest BCUT2D eigenvalue weighted by Crippen LogP contribution is -2.33. The van der Waals surface area contributed by atoms with Crippen LogP contribution >= 0.6 is 0 Å². The summed E-state index contributed by atoms with van der Waals surface area (Å²) >= 11 is 0. The van der Waals surface area contributed by atoms with Gasteiger partial charge in [0.05, 0.1) is 35.9 Å². The van der Waals surface area contributed by atoms with Gasteiger partial charge in [0, 0.05) is 13.2 Å². The molecule has 1 saturated heterocycles. The number of rotatable bonds is 6. The zero-order valence-corrected chi connectivity index (χ0v) is 15.0. The highest BCUT2D eigenvalue weighted by Crippen LogP contribution is 2.21. The summed E-state index contributed by atoms with van der Waals surface area (Å²) in [6.07, 6.45) is 4.03. The largest absolute Gasteiger partial charge is 0.378 e. The molecule has 3 aromatic rings. The van der Waals surface area contributed by atoms with Gasteiger partial charge in [-0.2, -0.15) is 0 Å². The molecule has 1 fully saturated rings. The molecule has 0 aliphatic carbocycles. The molecule has 4 rings (SSSR count). The molecule has 5 nitrogen and oxygen atoms in total. The Bertz CT molecular complexity index is 917. The summed E-state index contributed by atoms with van der Waals surface area (Å²) < 4.78 is 20.9. The van der Waals surface area contributed by atoms with E-state index in [-0.39, 0.29) is 23.9 Å². The van der Waals surface area contributed by atoms with Crippen molar-refractivity contribution < 1.29 is 13.9 Å². The van der Waals surface area contributed by atoms with Crippen molar-refractivity contribution in [3.63, 3.8) is 0 Å². The second kappa shape index (κ2) is 7.88. The maximum absolute atomic E-state index is 13.3. The fourth-order valence-electron chi connectivity index (χ4n) is 3.55. The highest BCUT2D eigenvalue weighted by Gasteiger charge is 2.22. The van der Waals surface area contributed by atoms with Crippen LogP contribution < -0.4 is 5.32 Å². The fraction of sp³-hybridized carbons (Fsp3) is 0.333. The number of nitrogens with zero attached hydrogens (tertiary/aromatic N) is 2. The predicted octanol–water partition coefficient (Wildman–Crippen LogP) is 3.60. The third-order valence-corrected chi connectivity index (χ3v) is 4.95. The molecule has 1 aliphatic heterocycles. The predicted molar refractivity (Wildman–Crippen MR) is 101 cm³/mol. The Kier molecular flexibility index (Phi) is 5.16. The maximum atomic E-state index is 13.3. The summed E-state index contributed by atoms with van der Waals surface area (Å²) in [6.45, 7) is 1.24. The molecular formula is C21H22FN3O2. The van der Waals surface area contributed by atoms with E-state index in [1.165, 1.54) is 12.1 Å². The van der Waals surface area contributed by atoms with Crippen LogP contribution in [0.5, 0.6) is 0 Å². The quantitative estimate of drug-likeness (QED) is 0.724. The van der Waals surface area contributed by atoms with Crippen LogP contribution in [0.4, 0.5) is 4.39 Å². The highest BCUT2D eigenvalue weighted by atomic mass is 19.1. The first-order valence-corrected chi connectivity index (χ1v) is 9.25. The van der Waals surface area contributed by atoms with Crippen LogP contribution in [-0.2, 0) is 16.1 Å². The highest BCUT2D eigenvalue weighted by molar-refractivity contribution is 5.77. The number of fused-ring (bicyclic) bond motifs is 1. The average Bonchev–Trinajstić information content (AvgIpc) is 3.32. The van der Waals surface area contributed by atoms with Gasteiger partial charge in [-0.15, -0.1) is 0 Å². The van der Waals surface area contributed by atoms with Crippen LogP contribution in [0.1, 0.15) is 30.9 Å². The molecule has 0 bridgehead atoms. The third-order valence-electron chi connectivity index (χ3n) is 4.95. The molecule has 6 heteroatoms.